The Morgan fingerprint density at radius 1 is 1.22 bits per heavy atom. The molecule has 1 aliphatic rings. The lowest BCUT2D eigenvalue weighted by molar-refractivity contribution is 0.274. The van der Waals surface area contributed by atoms with Gasteiger partial charge in [0.2, 0.25) is 0 Å². The molecule has 3 nitrogen and oxygen atoms in total. The number of ether oxygens (including phenoxy) is 1. The maximum Gasteiger partial charge on any atom is 0.137 e. The Hall–Kier alpha value is -1.87. The molecule has 0 fully saturated rings. The third-order valence-electron chi connectivity index (χ3n) is 3.42. The maximum absolute atomic E-state index is 5.76. The van der Waals surface area contributed by atoms with E-state index in [1.54, 1.807) is 6.20 Å². The molecule has 0 saturated carbocycles. The van der Waals surface area contributed by atoms with Gasteiger partial charge in [0.05, 0.1) is 18.5 Å². The molecule has 1 atom stereocenters. The van der Waals surface area contributed by atoms with Crippen molar-refractivity contribution in [2.45, 2.75) is 18.9 Å². The van der Waals surface area contributed by atoms with Crippen molar-refractivity contribution in [3.05, 3.63) is 59.4 Å². The third-order valence-corrected chi connectivity index (χ3v) is 3.42. The van der Waals surface area contributed by atoms with E-state index in [0.29, 0.717) is 12.5 Å². The minimum absolute atomic E-state index is 0.469. The molecule has 1 aromatic heterocycles. The molecule has 18 heavy (non-hydrogen) atoms. The van der Waals surface area contributed by atoms with Crippen LogP contribution in [0.25, 0.3) is 0 Å². The first-order valence-corrected chi connectivity index (χ1v) is 6.22. The number of hydrogen-bond donors (Lipinski definition) is 1. The zero-order valence-electron chi connectivity index (χ0n) is 10.2. The average Bonchev–Trinajstić information content (AvgIpc) is 2.40. The quantitative estimate of drug-likeness (QED) is 0.891. The van der Waals surface area contributed by atoms with Crippen LogP contribution in [0, 0.1) is 0 Å². The monoisotopic (exact) mass is 240 g/mol. The van der Waals surface area contributed by atoms with E-state index in [2.05, 4.69) is 29.2 Å². The van der Waals surface area contributed by atoms with Crippen LogP contribution in [0.4, 0.5) is 0 Å². The van der Waals surface area contributed by atoms with Crippen molar-refractivity contribution in [2.24, 2.45) is 5.73 Å². The van der Waals surface area contributed by atoms with Gasteiger partial charge < -0.3 is 10.5 Å². The summed E-state index contributed by atoms with van der Waals surface area (Å²) in [7, 11) is 0. The molecule has 1 aliphatic carbocycles. The van der Waals surface area contributed by atoms with E-state index < -0.39 is 0 Å². The van der Waals surface area contributed by atoms with Crippen LogP contribution in [-0.4, -0.2) is 11.6 Å². The standard InChI is InChI=1S/C15H16N2O/c16-8-13-5-6-14(9-17-13)18-10-12-7-11-3-1-2-4-15(11)12/h1-6,9,12H,7-8,10,16H2. The van der Waals surface area contributed by atoms with Gasteiger partial charge in [0.15, 0.2) is 0 Å². The smallest absolute Gasteiger partial charge is 0.137 e. The highest BCUT2D eigenvalue weighted by atomic mass is 16.5. The number of fused-ring (bicyclic) bond motifs is 1. The van der Waals surface area contributed by atoms with Gasteiger partial charge in [-0.15, -0.1) is 0 Å². The lowest BCUT2D eigenvalue weighted by atomic mass is 9.78. The molecule has 2 aromatic rings. The Balaban J connectivity index is 1.59. The summed E-state index contributed by atoms with van der Waals surface area (Å²) in [6, 6.07) is 12.4. The predicted octanol–water partition coefficient (Wildman–Crippen LogP) is 2.26. The maximum atomic E-state index is 5.76. The Bertz CT molecular complexity index is 536. The van der Waals surface area contributed by atoms with Crippen LogP contribution in [0.1, 0.15) is 22.7 Å². The topological polar surface area (TPSA) is 48.1 Å². The summed E-state index contributed by atoms with van der Waals surface area (Å²) in [6.07, 6.45) is 2.86. The summed E-state index contributed by atoms with van der Waals surface area (Å²) < 4.78 is 5.76. The van der Waals surface area contributed by atoms with E-state index >= 15 is 0 Å². The van der Waals surface area contributed by atoms with Gasteiger partial charge in [0, 0.05) is 12.5 Å². The summed E-state index contributed by atoms with van der Waals surface area (Å²) >= 11 is 0. The molecule has 1 aromatic carbocycles. The van der Waals surface area contributed by atoms with Gasteiger partial charge in [-0.05, 0) is 29.7 Å². The molecule has 3 rings (SSSR count). The number of pyridine rings is 1. The van der Waals surface area contributed by atoms with E-state index in [0.717, 1.165) is 24.5 Å². The van der Waals surface area contributed by atoms with Crippen molar-refractivity contribution in [1.29, 1.82) is 0 Å². The molecule has 3 heteroatoms. The molecule has 92 valence electrons. The van der Waals surface area contributed by atoms with Crippen LogP contribution in [-0.2, 0) is 13.0 Å². The van der Waals surface area contributed by atoms with Crippen LogP contribution >= 0.6 is 0 Å². The van der Waals surface area contributed by atoms with Gasteiger partial charge >= 0.3 is 0 Å². The first kappa shape index (κ1) is 11.2. The zero-order valence-corrected chi connectivity index (χ0v) is 10.2. The lowest BCUT2D eigenvalue weighted by Crippen LogP contribution is -2.23. The third kappa shape index (κ3) is 2.09. The molecular formula is C15H16N2O. The highest BCUT2D eigenvalue weighted by molar-refractivity contribution is 5.40. The Morgan fingerprint density at radius 3 is 2.83 bits per heavy atom. The summed E-state index contributed by atoms with van der Waals surface area (Å²) in [4.78, 5) is 4.21. The molecule has 0 radical (unpaired) electrons. The molecule has 1 unspecified atom stereocenters. The number of benzene rings is 1. The molecule has 0 bridgehead atoms. The fourth-order valence-electron chi connectivity index (χ4n) is 2.33. The second-order valence-corrected chi connectivity index (χ2v) is 4.60. The van der Waals surface area contributed by atoms with Crippen LogP contribution in [0.5, 0.6) is 5.75 Å². The van der Waals surface area contributed by atoms with Crippen molar-refractivity contribution < 1.29 is 4.74 Å². The number of rotatable bonds is 4. The van der Waals surface area contributed by atoms with Crippen LogP contribution in [0.3, 0.4) is 0 Å². The fraction of sp³-hybridized carbons (Fsp3) is 0.267. The first-order valence-electron chi connectivity index (χ1n) is 6.22. The summed E-state index contributed by atoms with van der Waals surface area (Å²) in [5, 5.41) is 0. The van der Waals surface area contributed by atoms with Gasteiger partial charge in [0.1, 0.15) is 5.75 Å². The second kappa shape index (κ2) is 4.78. The molecule has 0 saturated heterocycles. The van der Waals surface area contributed by atoms with Gasteiger partial charge in [-0.3, -0.25) is 4.98 Å². The van der Waals surface area contributed by atoms with Gasteiger partial charge in [-0.1, -0.05) is 24.3 Å². The average molecular weight is 240 g/mol. The largest absolute Gasteiger partial charge is 0.491 e. The van der Waals surface area contributed by atoms with Crippen molar-refractivity contribution >= 4 is 0 Å². The van der Waals surface area contributed by atoms with E-state index in [9.17, 15) is 0 Å². The number of aromatic nitrogens is 1. The number of hydrogen-bond acceptors (Lipinski definition) is 3. The van der Waals surface area contributed by atoms with Crippen LogP contribution in [0.15, 0.2) is 42.6 Å². The second-order valence-electron chi connectivity index (χ2n) is 4.60. The van der Waals surface area contributed by atoms with Gasteiger partial charge in [-0.2, -0.15) is 0 Å². The SMILES string of the molecule is NCc1ccc(OCC2Cc3ccccc32)cn1. The minimum atomic E-state index is 0.469. The Morgan fingerprint density at radius 2 is 2.11 bits per heavy atom. The van der Waals surface area contributed by atoms with Crippen LogP contribution in [0.2, 0.25) is 0 Å². The van der Waals surface area contributed by atoms with E-state index in [1.165, 1.54) is 11.1 Å². The lowest BCUT2D eigenvalue weighted by Gasteiger charge is -2.29. The van der Waals surface area contributed by atoms with Crippen molar-refractivity contribution in [1.82, 2.24) is 4.98 Å². The highest BCUT2D eigenvalue weighted by Gasteiger charge is 2.25. The molecule has 0 aliphatic heterocycles. The van der Waals surface area contributed by atoms with Crippen molar-refractivity contribution in [2.75, 3.05) is 6.61 Å². The van der Waals surface area contributed by atoms with Gasteiger partial charge in [-0.25, -0.2) is 0 Å². The van der Waals surface area contributed by atoms with E-state index in [-0.39, 0.29) is 0 Å². The summed E-state index contributed by atoms with van der Waals surface area (Å²) in [6.45, 7) is 1.19. The first-order chi connectivity index (χ1) is 8.86. The van der Waals surface area contributed by atoms with E-state index in [1.807, 2.05) is 12.1 Å². The van der Waals surface area contributed by atoms with Crippen molar-refractivity contribution in [3.63, 3.8) is 0 Å². The molecule has 0 amide bonds. The molecule has 0 spiro atoms. The van der Waals surface area contributed by atoms with Crippen molar-refractivity contribution in [3.8, 4) is 5.75 Å². The van der Waals surface area contributed by atoms with Crippen LogP contribution < -0.4 is 10.5 Å². The summed E-state index contributed by atoms with van der Waals surface area (Å²) in [5.41, 5.74) is 9.26. The molecule has 1 heterocycles. The normalized spacial score (nSPS) is 16.8. The van der Waals surface area contributed by atoms with Gasteiger partial charge in [0.25, 0.3) is 0 Å². The Labute approximate surface area is 107 Å². The number of nitrogens with zero attached hydrogens (tertiary/aromatic N) is 1. The highest BCUT2D eigenvalue weighted by Crippen LogP contribution is 2.34. The minimum Gasteiger partial charge on any atom is -0.491 e. The molecule has 2 N–H and O–H groups in total. The fourth-order valence-corrected chi connectivity index (χ4v) is 2.33. The Kier molecular flexibility index (Phi) is 2.99. The number of nitrogens with two attached hydrogens (primary N) is 1. The molecular weight excluding hydrogens is 224 g/mol. The summed E-state index contributed by atoms with van der Waals surface area (Å²) in [5.74, 6) is 1.34. The predicted molar refractivity (Wildman–Crippen MR) is 70.5 cm³/mol. The zero-order chi connectivity index (χ0) is 12.4. The van der Waals surface area contributed by atoms with E-state index in [4.69, 9.17) is 10.5 Å².